The Morgan fingerprint density at radius 1 is 1.18 bits per heavy atom. The summed E-state index contributed by atoms with van der Waals surface area (Å²) in [5.41, 5.74) is 1.75. The lowest BCUT2D eigenvalue weighted by Crippen LogP contribution is -2.32. The summed E-state index contributed by atoms with van der Waals surface area (Å²) in [5, 5.41) is 3.64. The SMILES string of the molecule is O=C1CCCN1c1nc(CC(=O)N2CCC[C@@H]2c2nc3ccccc3s2)cs1. The van der Waals surface area contributed by atoms with Crippen molar-refractivity contribution in [2.75, 3.05) is 18.0 Å². The molecule has 5 rings (SSSR count). The van der Waals surface area contributed by atoms with Crippen LogP contribution < -0.4 is 4.90 Å². The number of anilines is 1. The molecule has 3 aromatic rings. The Morgan fingerprint density at radius 2 is 2.07 bits per heavy atom. The number of rotatable bonds is 4. The van der Waals surface area contributed by atoms with E-state index in [1.807, 2.05) is 28.5 Å². The molecule has 2 aliphatic heterocycles. The molecule has 2 aromatic heterocycles. The van der Waals surface area contributed by atoms with Crippen molar-refractivity contribution in [3.8, 4) is 0 Å². The zero-order valence-electron chi connectivity index (χ0n) is 15.3. The van der Waals surface area contributed by atoms with Gasteiger partial charge in [-0.05, 0) is 31.4 Å². The van der Waals surface area contributed by atoms with E-state index in [1.54, 1.807) is 16.2 Å². The average Bonchev–Trinajstić information content (AvgIpc) is 3.47. The van der Waals surface area contributed by atoms with E-state index in [0.29, 0.717) is 6.42 Å². The smallest absolute Gasteiger partial charge is 0.229 e. The van der Waals surface area contributed by atoms with E-state index in [1.165, 1.54) is 11.3 Å². The second kappa shape index (κ2) is 7.25. The van der Waals surface area contributed by atoms with E-state index >= 15 is 0 Å². The fourth-order valence-corrected chi connectivity index (χ4v) is 5.95. The lowest BCUT2D eigenvalue weighted by molar-refractivity contribution is -0.131. The number of amides is 2. The molecule has 6 nitrogen and oxygen atoms in total. The normalized spacial score (nSPS) is 19.9. The van der Waals surface area contributed by atoms with Gasteiger partial charge in [0.25, 0.3) is 0 Å². The van der Waals surface area contributed by atoms with Crippen molar-refractivity contribution in [1.29, 1.82) is 0 Å². The zero-order valence-corrected chi connectivity index (χ0v) is 17.0. The van der Waals surface area contributed by atoms with Gasteiger partial charge < -0.3 is 4.90 Å². The summed E-state index contributed by atoms with van der Waals surface area (Å²) >= 11 is 3.13. The molecule has 0 spiro atoms. The molecule has 2 fully saturated rings. The molecule has 0 radical (unpaired) electrons. The van der Waals surface area contributed by atoms with Gasteiger partial charge in [0.1, 0.15) is 5.01 Å². The summed E-state index contributed by atoms with van der Waals surface area (Å²) in [6.07, 6.45) is 3.70. The van der Waals surface area contributed by atoms with Crippen LogP contribution in [-0.4, -0.2) is 39.8 Å². The van der Waals surface area contributed by atoms with Crippen molar-refractivity contribution < 1.29 is 9.59 Å². The van der Waals surface area contributed by atoms with Crippen molar-refractivity contribution in [2.45, 2.75) is 38.1 Å². The maximum Gasteiger partial charge on any atom is 0.229 e. The summed E-state index contributed by atoms with van der Waals surface area (Å²) in [4.78, 5) is 37.9. The topological polar surface area (TPSA) is 66.4 Å². The van der Waals surface area contributed by atoms with Gasteiger partial charge in [0.2, 0.25) is 11.8 Å². The van der Waals surface area contributed by atoms with Crippen LogP contribution >= 0.6 is 22.7 Å². The van der Waals surface area contributed by atoms with E-state index in [9.17, 15) is 9.59 Å². The minimum Gasteiger partial charge on any atom is -0.333 e. The zero-order chi connectivity index (χ0) is 19.1. The molecule has 144 valence electrons. The van der Waals surface area contributed by atoms with Crippen molar-refractivity contribution in [3.63, 3.8) is 0 Å². The number of benzene rings is 1. The van der Waals surface area contributed by atoms with Gasteiger partial charge in [-0.2, -0.15) is 0 Å². The Labute approximate surface area is 170 Å². The minimum atomic E-state index is 0.0585. The summed E-state index contributed by atoms with van der Waals surface area (Å²) in [6, 6.07) is 8.17. The van der Waals surface area contributed by atoms with Gasteiger partial charge in [0.15, 0.2) is 5.13 Å². The van der Waals surface area contributed by atoms with Crippen LogP contribution in [0.5, 0.6) is 0 Å². The van der Waals surface area contributed by atoms with Crippen molar-refractivity contribution in [1.82, 2.24) is 14.9 Å². The molecular weight excluding hydrogens is 392 g/mol. The third kappa shape index (κ3) is 3.20. The van der Waals surface area contributed by atoms with Gasteiger partial charge in [-0.25, -0.2) is 9.97 Å². The molecule has 2 saturated heterocycles. The van der Waals surface area contributed by atoms with Crippen molar-refractivity contribution in [3.05, 3.63) is 40.3 Å². The number of para-hydroxylation sites is 1. The highest BCUT2D eigenvalue weighted by Crippen LogP contribution is 2.37. The van der Waals surface area contributed by atoms with Crippen LogP contribution in [0.25, 0.3) is 10.2 Å². The molecule has 0 unspecified atom stereocenters. The Hall–Kier alpha value is -2.32. The van der Waals surface area contributed by atoms with Gasteiger partial charge in [-0.1, -0.05) is 12.1 Å². The predicted molar refractivity (Wildman–Crippen MR) is 111 cm³/mol. The second-order valence-electron chi connectivity index (χ2n) is 7.21. The summed E-state index contributed by atoms with van der Waals surface area (Å²) in [7, 11) is 0. The van der Waals surface area contributed by atoms with Crippen molar-refractivity contribution >= 4 is 49.8 Å². The number of hydrogen-bond donors (Lipinski definition) is 0. The number of thiazole rings is 2. The molecule has 1 atom stereocenters. The van der Waals surface area contributed by atoms with Gasteiger partial charge in [0, 0.05) is 24.9 Å². The van der Waals surface area contributed by atoms with Gasteiger partial charge in [-0.3, -0.25) is 14.5 Å². The van der Waals surface area contributed by atoms with E-state index in [4.69, 9.17) is 4.98 Å². The Balaban J connectivity index is 1.32. The Morgan fingerprint density at radius 3 is 2.89 bits per heavy atom. The van der Waals surface area contributed by atoms with Gasteiger partial charge >= 0.3 is 0 Å². The standard InChI is InChI=1S/C20H20N4O2S2/c25-17-8-4-10-24(17)20-21-13(12-27-20)11-18(26)23-9-3-6-15(23)19-22-14-5-1-2-7-16(14)28-19/h1-2,5,7,12,15H,3-4,6,8-11H2/t15-/m1/s1. The third-order valence-corrected chi connectivity index (χ3v) is 7.39. The molecule has 4 heterocycles. The summed E-state index contributed by atoms with van der Waals surface area (Å²) in [6.45, 7) is 1.49. The van der Waals surface area contributed by atoms with Crippen LogP contribution in [0.3, 0.4) is 0 Å². The van der Waals surface area contributed by atoms with Crippen LogP contribution in [0.15, 0.2) is 29.6 Å². The van der Waals surface area contributed by atoms with Crippen LogP contribution in [-0.2, 0) is 16.0 Å². The fraction of sp³-hybridized carbons (Fsp3) is 0.400. The first-order valence-electron chi connectivity index (χ1n) is 9.59. The number of carbonyl (C=O) groups excluding carboxylic acids is 2. The molecule has 2 amide bonds. The van der Waals surface area contributed by atoms with Crippen LogP contribution in [0, 0.1) is 0 Å². The highest BCUT2D eigenvalue weighted by Gasteiger charge is 2.32. The van der Waals surface area contributed by atoms with E-state index in [2.05, 4.69) is 11.1 Å². The quantitative estimate of drug-likeness (QED) is 0.654. The third-order valence-electron chi connectivity index (χ3n) is 5.34. The van der Waals surface area contributed by atoms with Gasteiger partial charge in [-0.15, -0.1) is 22.7 Å². The largest absolute Gasteiger partial charge is 0.333 e. The summed E-state index contributed by atoms with van der Waals surface area (Å²) < 4.78 is 1.16. The average molecular weight is 413 g/mol. The predicted octanol–water partition coefficient (Wildman–Crippen LogP) is 3.79. The maximum atomic E-state index is 13.0. The van der Waals surface area contributed by atoms with Crippen molar-refractivity contribution in [2.24, 2.45) is 0 Å². The van der Waals surface area contributed by atoms with E-state index < -0.39 is 0 Å². The number of fused-ring (bicyclic) bond motifs is 1. The molecule has 0 saturated carbocycles. The maximum absolute atomic E-state index is 13.0. The highest BCUT2D eigenvalue weighted by atomic mass is 32.1. The molecule has 8 heteroatoms. The first-order chi connectivity index (χ1) is 13.7. The van der Waals surface area contributed by atoms with Gasteiger partial charge in [0.05, 0.1) is 28.4 Å². The van der Waals surface area contributed by atoms with E-state index in [-0.39, 0.29) is 24.3 Å². The molecule has 2 aliphatic rings. The number of aromatic nitrogens is 2. The number of nitrogens with zero attached hydrogens (tertiary/aromatic N) is 4. The lowest BCUT2D eigenvalue weighted by atomic mass is 10.2. The van der Waals surface area contributed by atoms with Crippen LogP contribution in [0.1, 0.15) is 42.4 Å². The molecule has 0 N–H and O–H groups in total. The highest BCUT2D eigenvalue weighted by molar-refractivity contribution is 7.18. The fourth-order valence-electron chi connectivity index (χ4n) is 3.96. The Bertz CT molecular complexity index is 1010. The van der Waals surface area contributed by atoms with E-state index in [0.717, 1.165) is 58.4 Å². The number of likely N-dealkylation sites (tertiary alicyclic amines) is 1. The molecule has 0 aliphatic carbocycles. The van der Waals surface area contributed by atoms with Crippen LogP contribution in [0.4, 0.5) is 5.13 Å². The number of carbonyl (C=O) groups is 2. The minimum absolute atomic E-state index is 0.0585. The Kier molecular flexibility index (Phi) is 4.60. The molecule has 28 heavy (non-hydrogen) atoms. The molecule has 0 bridgehead atoms. The molecule has 1 aromatic carbocycles. The summed E-state index contributed by atoms with van der Waals surface area (Å²) in [5.74, 6) is 0.217. The lowest BCUT2D eigenvalue weighted by Gasteiger charge is -2.22. The first-order valence-corrected chi connectivity index (χ1v) is 11.3. The first kappa shape index (κ1) is 17.8. The second-order valence-corrected chi connectivity index (χ2v) is 9.11. The molecular formula is C20H20N4O2S2. The van der Waals surface area contributed by atoms with Crippen LogP contribution in [0.2, 0.25) is 0 Å². The monoisotopic (exact) mass is 412 g/mol. The number of hydrogen-bond acceptors (Lipinski definition) is 6.